The van der Waals surface area contributed by atoms with Gasteiger partial charge in [0, 0.05) is 6.42 Å². The molecule has 0 N–H and O–H groups in total. The second-order valence-corrected chi connectivity index (χ2v) is 8.62. The molecule has 0 radical (unpaired) electrons. The molecule has 8 nitrogen and oxygen atoms in total. The van der Waals surface area contributed by atoms with Gasteiger partial charge in [0.05, 0.1) is 11.1 Å². The van der Waals surface area contributed by atoms with Crippen molar-refractivity contribution in [1.29, 1.82) is 0 Å². The van der Waals surface area contributed by atoms with Crippen LogP contribution in [0.1, 0.15) is 27.1 Å². The van der Waals surface area contributed by atoms with Crippen LogP contribution in [-0.4, -0.2) is 57.1 Å². The summed E-state index contributed by atoms with van der Waals surface area (Å²) in [6, 6.07) is 14.8. The zero-order chi connectivity index (χ0) is 24.9. The van der Waals surface area contributed by atoms with Crippen molar-refractivity contribution < 1.29 is 54.0 Å². The van der Waals surface area contributed by atoms with E-state index in [1.54, 1.807) is 12.1 Å². The van der Waals surface area contributed by atoms with Crippen molar-refractivity contribution in [3.05, 3.63) is 71.8 Å². The summed E-state index contributed by atoms with van der Waals surface area (Å²) in [5.41, 5.74) is -5.64. The molecule has 0 aliphatic carbocycles. The number of benzene rings is 2. The highest BCUT2D eigenvalue weighted by molar-refractivity contribution is 7.87. The Morgan fingerprint density at radius 2 is 1.47 bits per heavy atom. The van der Waals surface area contributed by atoms with Gasteiger partial charge >= 0.3 is 27.6 Å². The standard InChI is InChI=1S/C21H18F4O8S/c22-18-15(32-20(27)14-9-5-2-6-10-14)11-17(33-34(28,29)21(23,24)25)31-16(18)12-30-19(26)13-7-3-1-4-8-13/h1-10,15-18H,11-12H2/t15-,16-,17-,18+/m1/s1. The highest BCUT2D eigenvalue weighted by atomic mass is 32.2. The van der Waals surface area contributed by atoms with Gasteiger partial charge in [-0.1, -0.05) is 36.4 Å². The van der Waals surface area contributed by atoms with Crippen LogP contribution in [0.3, 0.4) is 0 Å². The van der Waals surface area contributed by atoms with Gasteiger partial charge in [0.1, 0.15) is 18.8 Å². The van der Waals surface area contributed by atoms with E-state index in [0.717, 1.165) is 0 Å². The van der Waals surface area contributed by atoms with Crippen molar-refractivity contribution >= 4 is 22.1 Å². The lowest BCUT2D eigenvalue weighted by atomic mass is 10.0. The van der Waals surface area contributed by atoms with Gasteiger partial charge in [-0.05, 0) is 24.3 Å². The minimum Gasteiger partial charge on any atom is -0.459 e. The SMILES string of the molecule is O=C(OC[C@H]1O[C@H](OS(=O)(=O)C(F)(F)F)C[C@@H](OC(=O)c2ccccc2)[C@@H]1F)c1ccccc1. The number of halogens is 4. The zero-order valence-corrected chi connectivity index (χ0v) is 18.0. The van der Waals surface area contributed by atoms with Gasteiger partial charge in [-0.15, -0.1) is 0 Å². The van der Waals surface area contributed by atoms with Crippen LogP contribution in [0.4, 0.5) is 17.6 Å². The highest BCUT2D eigenvalue weighted by Gasteiger charge is 2.51. The summed E-state index contributed by atoms with van der Waals surface area (Å²) in [4.78, 5) is 24.4. The Hall–Kier alpha value is -3.03. The van der Waals surface area contributed by atoms with E-state index in [1.165, 1.54) is 48.5 Å². The molecule has 2 aromatic rings. The van der Waals surface area contributed by atoms with E-state index >= 15 is 4.39 Å². The molecule has 0 aromatic heterocycles. The van der Waals surface area contributed by atoms with Crippen LogP contribution in [0.15, 0.2) is 60.7 Å². The van der Waals surface area contributed by atoms with Crippen LogP contribution in [0.2, 0.25) is 0 Å². The number of hydrogen-bond acceptors (Lipinski definition) is 8. The van der Waals surface area contributed by atoms with Crippen molar-refractivity contribution in [1.82, 2.24) is 0 Å². The van der Waals surface area contributed by atoms with Crippen molar-refractivity contribution in [2.75, 3.05) is 6.61 Å². The molecule has 1 heterocycles. The van der Waals surface area contributed by atoms with Crippen LogP contribution in [0, 0.1) is 0 Å². The third-order valence-corrected chi connectivity index (χ3v) is 5.67. The van der Waals surface area contributed by atoms with Crippen molar-refractivity contribution in [2.45, 2.75) is 36.6 Å². The van der Waals surface area contributed by atoms with Crippen molar-refractivity contribution in [3.63, 3.8) is 0 Å². The Morgan fingerprint density at radius 3 is 2.00 bits per heavy atom. The first-order chi connectivity index (χ1) is 16.0. The highest BCUT2D eigenvalue weighted by Crippen LogP contribution is 2.32. The number of ether oxygens (including phenoxy) is 3. The number of rotatable bonds is 7. The van der Waals surface area contributed by atoms with Gasteiger partial charge in [-0.3, -0.25) is 0 Å². The Morgan fingerprint density at radius 1 is 0.941 bits per heavy atom. The Labute approximate surface area is 191 Å². The quantitative estimate of drug-likeness (QED) is 0.244. The molecular formula is C21H18F4O8S. The minimum absolute atomic E-state index is 0.0219. The molecule has 1 saturated heterocycles. The summed E-state index contributed by atoms with van der Waals surface area (Å²) < 4.78 is 95.1. The molecule has 1 aliphatic rings. The molecule has 34 heavy (non-hydrogen) atoms. The fraction of sp³-hybridized carbons (Fsp3) is 0.333. The largest absolute Gasteiger partial charge is 0.523 e. The fourth-order valence-electron chi connectivity index (χ4n) is 2.98. The molecule has 0 unspecified atom stereocenters. The molecule has 0 spiro atoms. The molecular weight excluding hydrogens is 488 g/mol. The third-order valence-electron chi connectivity index (χ3n) is 4.64. The lowest BCUT2D eigenvalue weighted by molar-refractivity contribution is -0.216. The second kappa shape index (κ2) is 10.5. The van der Waals surface area contributed by atoms with Gasteiger partial charge in [-0.2, -0.15) is 21.6 Å². The molecule has 13 heteroatoms. The van der Waals surface area contributed by atoms with Gasteiger partial charge in [-0.25, -0.2) is 18.2 Å². The van der Waals surface area contributed by atoms with Gasteiger partial charge in [0.2, 0.25) is 0 Å². The van der Waals surface area contributed by atoms with Gasteiger partial charge in [0.25, 0.3) is 0 Å². The molecule has 4 atom stereocenters. The zero-order valence-electron chi connectivity index (χ0n) is 17.2. The van der Waals surface area contributed by atoms with Gasteiger partial charge in [0.15, 0.2) is 12.5 Å². The summed E-state index contributed by atoms with van der Waals surface area (Å²) in [5.74, 6) is -1.90. The average molecular weight is 506 g/mol. The van der Waals surface area contributed by atoms with E-state index < -0.39 is 65.3 Å². The van der Waals surface area contributed by atoms with E-state index in [0.29, 0.717) is 0 Å². The van der Waals surface area contributed by atoms with E-state index in [4.69, 9.17) is 14.2 Å². The summed E-state index contributed by atoms with van der Waals surface area (Å²) in [7, 11) is -6.11. The molecule has 3 rings (SSSR count). The van der Waals surface area contributed by atoms with Crippen molar-refractivity contribution in [2.24, 2.45) is 0 Å². The number of carbonyl (C=O) groups is 2. The van der Waals surface area contributed by atoms with Crippen LogP contribution >= 0.6 is 0 Å². The summed E-state index contributed by atoms with van der Waals surface area (Å²) in [6.07, 6.45) is -8.74. The first-order valence-electron chi connectivity index (χ1n) is 9.75. The first-order valence-corrected chi connectivity index (χ1v) is 11.2. The molecule has 0 amide bonds. The molecule has 0 saturated carbocycles. The number of hydrogen-bond donors (Lipinski definition) is 0. The lowest BCUT2D eigenvalue weighted by Gasteiger charge is -2.36. The minimum atomic E-state index is -6.11. The summed E-state index contributed by atoms with van der Waals surface area (Å²) >= 11 is 0. The number of alkyl halides is 4. The predicted molar refractivity (Wildman–Crippen MR) is 107 cm³/mol. The lowest BCUT2D eigenvalue weighted by Crippen LogP contribution is -2.51. The topological polar surface area (TPSA) is 105 Å². The number of esters is 2. The molecule has 184 valence electrons. The van der Waals surface area contributed by atoms with Crippen LogP contribution in [0.5, 0.6) is 0 Å². The summed E-state index contributed by atoms with van der Waals surface area (Å²) in [6.45, 7) is -0.819. The van der Waals surface area contributed by atoms with E-state index in [-0.39, 0.29) is 11.1 Å². The van der Waals surface area contributed by atoms with E-state index in [2.05, 4.69) is 4.18 Å². The van der Waals surface area contributed by atoms with Crippen LogP contribution in [0.25, 0.3) is 0 Å². The predicted octanol–water partition coefficient (Wildman–Crippen LogP) is 3.39. The molecule has 1 fully saturated rings. The summed E-state index contributed by atoms with van der Waals surface area (Å²) in [5, 5.41) is 0. The van der Waals surface area contributed by atoms with Gasteiger partial charge < -0.3 is 14.2 Å². The fourth-order valence-corrected chi connectivity index (χ4v) is 3.50. The maximum Gasteiger partial charge on any atom is 0.523 e. The molecule has 1 aliphatic heterocycles. The van der Waals surface area contributed by atoms with E-state index in [9.17, 15) is 31.2 Å². The maximum absolute atomic E-state index is 15.1. The second-order valence-electron chi connectivity index (χ2n) is 7.05. The Kier molecular flexibility index (Phi) is 7.89. The monoisotopic (exact) mass is 506 g/mol. The number of carbonyl (C=O) groups excluding carboxylic acids is 2. The molecule has 2 aromatic carbocycles. The maximum atomic E-state index is 15.1. The van der Waals surface area contributed by atoms with Crippen LogP contribution < -0.4 is 0 Å². The Balaban J connectivity index is 1.76. The van der Waals surface area contributed by atoms with Crippen LogP contribution in [-0.2, 0) is 28.5 Å². The van der Waals surface area contributed by atoms with E-state index in [1.807, 2.05) is 0 Å². The smallest absolute Gasteiger partial charge is 0.459 e. The molecule has 0 bridgehead atoms. The normalized spacial score (nSPS) is 23.2. The first kappa shape index (κ1) is 25.6. The third kappa shape index (κ3) is 6.30. The Bertz CT molecular complexity index is 1090. The van der Waals surface area contributed by atoms with Crippen molar-refractivity contribution in [3.8, 4) is 0 Å². The average Bonchev–Trinajstić information content (AvgIpc) is 2.80.